The van der Waals surface area contributed by atoms with E-state index >= 15 is 0 Å². The molecule has 0 aromatic carbocycles. The largest absolute Gasteiger partial charge is 0.390 e. The third-order valence-electron chi connectivity index (χ3n) is 3.16. The molecular weight excluding hydrogens is 266 g/mol. The second kappa shape index (κ2) is 10.4. The van der Waals surface area contributed by atoms with Crippen LogP contribution in [0.5, 0.6) is 0 Å². The van der Waals surface area contributed by atoms with Gasteiger partial charge in [0.2, 0.25) is 0 Å². The van der Waals surface area contributed by atoms with Gasteiger partial charge in [-0.3, -0.25) is 4.90 Å². The molecule has 5 unspecified atom stereocenters. The summed E-state index contributed by atoms with van der Waals surface area (Å²) in [5.41, 5.74) is 0. The van der Waals surface area contributed by atoms with Gasteiger partial charge in [0.05, 0.1) is 18.8 Å². The maximum Gasteiger partial charge on any atom is 0.130 e. The van der Waals surface area contributed by atoms with E-state index in [-0.39, 0.29) is 19.6 Å². The zero-order chi connectivity index (χ0) is 15.7. The van der Waals surface area contributed by atoms with Crippen molar-refractivity contribution in [3.05, 3.63) is 0 Å². The van der Waals surface area contributed by atoms with Crippen molar-refractivity contribution >= 4 is 0 Å². The van der Waals surface area contributed by atoms with Gasteiger partial charge >= 0.3 is 0 Å². The van der Waals surface area contributed by atoms with Crippen LogP contribution in [-0.2, 0) is 4.74 Å². The molecule has 0 heterocycles. The third kappa shape index (κ3) is 6.94. The number of nitrogens with zero attached hydrogens (tertiary/aromatic N) is 1. The fourth-order valence-corrected chi connectivity index (χ4v) is 1.68. The Morgan fingerprint density at radius 1 is 0.950 bits per heavy atom. The molecule has 0 amide bonds. The normalized spacial score (nSPS) is 19.6. The van der Waals surface area contributed by atoms with Crippen LogP contribution in [0.15, 0.2) is 0 Å². The number of hydrogen-bond acceptors (Lipinski definition) is 7. The second-order valence-electron chi connectivity index (χ2n) is 5.02. The molecule has 0 rings (SSSR count). The lowest BCUT2D eigenvalue weighted by Crippen LogP contribution is -2.50. The van der Waals surface area contributed by atoms with Crippen LogP contribution in [0.1, 0.15) is 26.7 Å². The first-order valence-electron chi connectivity index (χ1n) is 7.03. The van der Waals surface area contributed by atoms with Crippen molar-refractivity contribution in [2.75, 3.05) is 26.8 Å². The molecule has 0 spiro atoms. The molecule has 0 aliphatic heterocycles. The Kier molecular flexibility index (Phi) is 10.3. The van der Waals surface area contributed by atoms with Crippen LogP contribution in [-0.4, -0.2) is 87.9 Å². The predicted molar refractivity (Wildman–Crippen MR) is 74.1 cm³/mol. The number of aliphatic hydroxyl groups is 5. The molecule has 122 valence electrons. The number of rotatable bonds is 11. The van der Waals surface area contributed by atoms with Crippen LogP contribution in [0.4, 0.5) is 0 Å². The van der Waals surface area contributed by atoms with E-state index in [9.17, 15) is 25.5 Å². The highest BCUT2D eigenvalue weighted by Gasteiger charge is 2.30. The van der Waals surface area contributed by atoms with Crippen LogP contribution >= 0.6 is 0 Å². The lowest BCUT2D eigenvalue weighted by Gasteiger charge is -2.30. The fourth-order valence-electron chi connectivity index (χ4n) is 1.68. The van der Waals surface area contributed by atoms with Crippen molar-refractivity contribution in [2.24, 2.45) is 0 Å². The summed E-state index contributed by atoms with van der Waals surface area (Å²) < 4.78 is 5.19. The minimum atomic E-state index is -1.48. The van der Waals surface area contributed by atoms with Gasteiger partial charge in [-0.1, -0.05) is 13.8 Å². The van der Waals surface area contributed by atoms with E-state index in [1.54, 1.807) is 14.0 Å². The molecule has 0 aromatic heterocycles. The van der Waals surface area contributed by atoms with Gasteiger partial charge in [0.25, 0.3) is 0 Å². The van der Waals surface area contributed by atoms with Gasteiger partial charge < -0.3 is 30.3 Å². The molecule has 7 heteroatoms. The van der Waals surface area contributed by atoms with Crippen molar-refractivity contribution in [3.63, 3.8) is 0 Å². The summed E-state index contributed by atoms with van der Waals surface area (Å²) >= 11 is 0. The van der Waals surface area contributed by atoms with E-state index in [1.807, 2.05) is 6.92 Å². The maximum atomic E-state index is 9.81. The quantitative estimate of drug-likeness (QED) is 0.233. The molecule has 0 radical (unpaired) electrons. The molecule has 20 heavy (non-hydrogen) atoms. The molecule has 0 aromatic rings. The molecule has 0 aliphatic rings. The number of hydrogen-bond donors (Lipinski definition) is 5. The Hall–Kier alpha value is -0.280. The van der Waals surface area contributed by atoms with E-state index < -0.39 is 30.6 Å². The first kappa shape index (κ1) is 19.7. The zero-order valence-corrected chi connectivity index (χ0v) is 12.5. The minimum absolute atomic E-state index is 0.0503. The molecule has 5 atom stereocenters. The summed E-state index contributed by atoms with van der Waals surface area (Å²) in [4.78, 5) is 1.41. The summed E-state index contributed by atoms with van der Waals surface area (Å²) in [6.07, 6.45) is -5.06. The minimum Gasteiger partial charge on any atom is -0.390 e. The van der Waals surface area contributed by atoms with E-state index in [4.69, 9.17) is 4.74 Å². The van der Waals surface area contributed by atoms with E-state index in [2.05, 4.69) is 0 Å². The Balaban J connectivity index is 4.19. The predicted octanol–water partition coefficient (Wildman–Crippen LogP) is -1.48. The second-order valence-corrected chi connectivity index (χ2v) is 5.02. The Bertz CT molecular complexity index is 243. The van der Waals surface area contributed by atoms with Gasteiger partial charge in [0.1, 0.15) is 18.4 Å². The summed E-state index contributed by atoms with van der Waals surface area (Å²) in [6, 6.07) is 0. The van der Waals surface area contributed by atoms with Crippen molar-refractivity contribution in [2.45, 2.75) is 57.3 Å². The third-order valence-corrected chi connectivity index (χ3v) is 3.16. The molecular formula is C13H29NO6. The summed E-state index contributed by atoms with van der Waals surface area (Å²) in [5, 5.41) is 48.4. The lowest BCUT2D eigenvalue weighted by atomic mass is 10.0. The van der Waals surface area contributed by atoms with Crippen LogP contribution in [0.2, 0.25) is 0 Å². The van der Waals surface area contributed by atoms with Gasteiger partial charge in [0.15, 0.2) is 0 Å². The van der Waals surface area contributed by atoms with Gasteiger partial charge in [-0.2, -0.15) is 0 Å². The highest BCUT2D eigenvalue weighted by atomic mass is 16.5. The summed E-state index contributed by atoms with van der Waals surface area (Å²) in [6.45, 7) is 4.21. The lowest BCUT2D eigenvalue weighted by molar-refractivity contribution is -0.123. The maximum absolute atomic E-state index is 9.81. The molecule has 5 N–H and O–H groups in total. The Labute approximate surface area is 120 Å². The van der Waals surface area contributed by atoms with E-state index in [0.717, 1.165) is 6.42 Å². The number of likely N-dealkylation sites (N-methyl/N-ethyl adjacent to an activating group) is 1. The molecule has 0 fully saturated rings. The number of ether oxygens (including phenoxy) is 1. The number of aliphatic hydroxyl groups excluding tert-OH is 5. The van der Waals surface area contributed by atoms with Crippen molar-refractivity contribution < 1.29 is 30.3 Å². The highest BCUT2D eigenvalue weighted by Crippen LogP contribution is 2.09. The van der Waals surface area contributed by atoms with Crippen molar-refractivity contribution in [1.82, 2.24) is 4.90 Å². The van der Waals surface area contributed by atoms with E-state index in [0.29, 0.717) is 6.61 Å². The molecule has 0 saturated heterocycles. The Morgan fingerprint density at radius 2 is 1.50 bits per heavy atom. The van der Waals surface area contributed by atoms with Gasteiger partial charge in [0, 0.05) is 13.2 Å². The van der Waals surface area contributed by atoms with Crippen LogP contribution < -0.4 is 0 Å². The molecule has 0 aliphatic carbocycles. The van der Waals surface area contributed by atoms with Gasteiger partial charge in [-0.25, -0.2) is 0 Å². The first-order valence-corrected chi connectivity index (χ1v) is 7.03. The van der Waals surface area contributed by atoms with Crippen LogP contribution in [0, 0.1) is 0 Å². The van der Waals surface area contributed by atoms with Crippen molar-refractivity contribution in [1.29, 1.82) is 0 Å². The van der Waals surface area contributed by atoms with E-state index in [1.165, 1.54) is 4.90 Å². The smallest absolute Gasteiger partial charge is 0.130 e. The topological polar surface area (TPSA) is 114 Å². The summed E-state index contributed by atoms with van der Waals surface area (Å²) in [5.74, 6) is 0. The van der Waals surface area contributed by atoms with Gasteiger partial charge in [-0.15, -0.1) is 0 Å². The van der Waals surface area contributed by atoms with Gasteiger partial charge in [-0.05, 0) is 19.9 Å². The average molecular weight is 295 g/mol. The molecule has 7 nitrogen and oxygen atoms in total. The highest BCUT2D eigenvalue weighted by molar-refractivity contribution is 4.82. The molecule has 0 bridgehead atoms. The van der Waals surface area contributed by atoms with Crippen LogP contribution in [0.3, 0.4) is 0 Å². The first-order chi connectivity index (χ1) is 9.34. The fraction of sp³-hybridized carbons (Fsp3) is 1.00. The van der Waals surface area contributed by atoms with Crippen molar-refractivity contribution in [3.8, 4) is 0 Å². The monoisotopic (exact) mass is 295 g/mol. The molecule has 0 saturated carbocycles. The standard InChI is InChI=1S/C13H29NO6/c1-4-6-20-8-11(17)14(3)7-10(16)13(19)12(18)9(15)5-2/h9-13,15-19H,4-8H2,1-3H3. The summed E-state index contributed by atoms with van der Waals surface area (Å²) in [7, 11) is 1.57. The average Bonchev–Trinajstić information content (AvgIpc) is 2.44. The Morgan fingerprint density at radius 3 is 2.00 bits per heavy atom. The SMILES string of the molecule is CCCOCC(O)N(C)CC(O)C(O)C(O)C(O)CC. The van der Waals surface area contributed by atoms with Crippen LogP contribution in [0.25, 0.3) is 0 Å². The zero-order valence-electron chi connectivity index (χ0n) is 12.5.